The minimum absolute atomic E-state index is 0. The molecular weight excluding hydrogens is 1160 g/mol. The van der Waals surface area contributed by atoms with Gasteiger partial charge in [0.2, 0.25) is 18.1 Å². The van der Waals surface area contributed by atoms with Crippen molar-refractivity contribution in [3.05, 3.63) is 61.7 Å². The predicted octanol–water partition coefficient (Wildman–Crippen LogP) is 4.44. The molecule has 0 unspecified atom stereocenters. The van der Waals surface area contributed by atoms with Gasteiger partial charge in [0.05, 0.1) is 31.1 Å². The van der Waals surface area contributed by atoms with E-state index in [2.05, 4.69) is 74.1 Å². The number of likely N-dealkylation sites (N-methyl/N-ethyl adjacent to an activating group) is 2. The van der Waals surface area contributed by atoms with Crippen molar-refractivity contribution in [2.24, 2.45) is 11.8 Å². The second kappa shape index (κ2) is 39.3. The van der Waals surface area contributed by atoms with Crippen LogP contribution in [-0.2, 0) is 19.1 Å². The Morgan fingerprint density at radius 3 is 1.84 bits per heavy atom. The fourth-order valence-electron chi connectivity index (χ4n) is 6.69. The molecule has 76 heavy (non-hydrogen) atoms. The molecule has 6 aromatic heterocycles. The first kappa shape index (κ1) is 70.9. The summed E-state index contributed by atoms with van der Waals surface area (Å²) in [5, 5.41) is 29.6. The van der Waals surface area contributed by atoms with E-state index in [1.54, 1.807) is 25.3 Å². The Morgan fingerprint density at radius 1 is 0.855 bits per heavy atom. The topological polar surface area (TPSA) is 314 Å². The summed E-state index contributed by atoms with van der Waals surface area (Å²) < 4.78 is 13.6. The molecule has 0 aliphatic carbocycles. The van der Waals surface area contributed by atoms with E-state index in [0.717, 1.165) is 49.1 Å². The van der Waals surface area contributed by atoms with Crippen molar-refractivity contribution in [2.75, 3.05) is 69.9 Å². The molecule has 0 aromatic carbocycles. The zero-order valence-corrected chi connectivity index (χ0v) is 54.1. The number of piperidine rings is 2. The van der Waals surface area contributed by atoms with Crippen LogP contribution in [-0.4, -0.2) is 187 Å². The third-order valence-electron chi connectivity index (χ3n) is 10.7. The van der Waals surface area contributed by atoms with Gasteiger partial charge in [0.15, 0.2) is 21.2 Å². The van der Waals surface area contributed by atoms with Gasteiger partial charge in [-0.25, -0.2) is 15.0 Å². The van der Waals surface area contributed by atoms with E-state index < -0.39 is 0 Å². The number of aromatic nitrogens is 12. The quantitative estimate of drug-likeness (QED) is 0.0511. The van der Waals surface area contributed by atoms with Crippen molar-refractivity contribution in [1.82, 2.24) is 65.2 Å². The van der Waals surface area contributed by atoms with Gasteiger partial charge in [0.1, 0.15) is 46.7 Å². The number of ether oxygens (including phenoxy) is 2. The molecule has 0 radical (unpaired) electrons. The van der Waals surface area contributed by atoms with Crippen LogP contribution in [0.15, 0.2) is 36.3 Å². The molecule has 0 bridgehead atoms. The minimum atomic E-state index is -0.105. The number of amides is 2. The Balaban J connectivity index is 0.000000475. The van der Waals surface area contributed by atoms with Gasteiger partial charge in [-0.1, -0.05) is 101 Å². The van der Waals surface area contributed by atoms with Crippen LogP contribution in [0.3, 0.4) is 0 Å². The molecule has 2 aliphatic rings. The van der Waals surface area contributed by atoms with Crippen LogP contribution in [0.2, 0.25) is 20.7 Å². The second-order valence-electron chi connectivity index (χ2n) is 15.4. The summed E-state index contributed by atoms with van der Waals surface area (Å²) >= 11 is 32.5. The van der Waals surface area contributed by atoms with Crippen LogP contribution in [0.1, 0.15) is 60.3 Å². The van der Waals surface area contributed by atoms with Crippen molar-refractivity contribution < 1.29 is 28.1 Å². The number of nitriles is 2. The van der Waals surface area contributed by atoms with Gasteiger partial charge in [-0.2, -0.15) is 24.0 Å². The standard InChI is InChI=1S/C14H18N7OS.C10H17N3O.C6H14O2.C4H3Cl2N3.C4H2ClN4S.C4H4ClN3S.2Na.H2S/c1-10-4-6-20(12(22)3-5-15)7-11(10)19(2)13-16-8-17-14-21(13)18-9-23-14;1-8-4-6-13(7-9(8)12-2)10(14)3-5-11;1-4-7-6(3)8-5-2;5-3-2(7)4(6)9-1-8-3;5-3-6-1-7-4-9(3)8-2-10-4;5-3-2(6)4(9)8-1-7-3;;;/h8-11H,3-4,6-7H2,1-2H3;8-9,12H,3-4,6-7H2,1-2H3;6H,4-5H2,1-3H3;1H,7H2;1-2H;1H,6H2,(H,7,8,9);;;1H2/q+1;;;;+1;;;;/t10-,11+;8-,9+;;;;;;;/m11......./s1. The van der Waals surface area contributed by atoms with Gasteiger partial charge in [-0.15, -0.1) is 10.2 Å². The van der Waals surface area contributed by atoms with Crippen LogP contribution < -0.4 is 30.7 Å². The van der Waals surface area contributed by atoms with Crippen LogP contribution >= 0.6 is 94.8 Å². The number of carbonyl (C=O) groups is 2. The molecule has 34 heteroatoms. The molecule has 4 atom stereocenters. The summed E-state index contributed by atoms with van der Waals surface area (Å²) in [4.78, 5) is 60.3. The van der Waals surface area contributed by atoms with E-state index in [-0.39, 0.29) is 66.5 Å². The summed E-state index contributed by atoms with van der Waals surface area (Å²) in [6, 6.07) is 4.32. The van der Waals surface area contributed by atoms with Crippen LogP contribution in [0.25, 0.3) is 9.92 Å². The zero-order chi connectivity index (χ0) is 56.0. The fraction of sp³-hybridized carbons (Fsp3) is 0.524. The van der Waals surface area contributed by atoms with Crippen molar-refractivity contribution in [2.45, 2.75) is 78.7 Å². The molecule has 24 nitrogen and oxygen atoms in total. The molecule has 6 aromatic rings. The number of aromatic amines is 1. The number of nitrogens with one attached hydrogen (secondary N) is 2. The van der Waals surface area contributed by atoms with E-state index >= 15 is 0 Å². The number of hydrogen-bond acceptors (Lipinski definition) is 22. The van der Waals surface area contributed by atoms with Gasteiger partial charge < -0.3 is 41.0 Å². The molecule has 2 fully saturated rings. The normalized spacial score (nSPS) is 16.2. The first-order chi connectivity index (χ1) is 35.9. The first-order valence-electron chi connectivity index (χ1n) is 23.3. The Labute approximate surface area is 510 Å². The molecule has 404 valence electrons. The number of H-pyrrole nitrogens is 1. The first-order valence-corrected chi connectivity index (χ1v) is 35.0. The summed E-state index contributed by atoms with van der Waals surface area (Å²) in [5.41, 5.74) is 14.6. The summed E-state index contributed by atoms with van der Waals surface area (Å²) in [5.74, 6) is 1.58. The van der Waals surface area contributed by atoms with Gasteiger partial charge in [0.25, 0.3) is 6.33 Å². The summed E-state index contributed by atoms with van der Waals surface area (Å²) in [7, 11) is 3.88. The number of rotatable bonds is 9. The molecular formula is C42H60Cl4N20Na2O4S4+2. The van der Waals surface area contributed by atoms with Crippen LogP contribution in [0.4, 0.5) is 17.3 Å². The SMILES string of the molecule is CCOC(C)OCC.CN[C@H]1CN(C(=O)CC#N)CC[C@H]1C.C[C@@H]1CCN(C(=O)CC#N)C[C@@H]1N(C)c1ncnc2scn[n+]12.Clc1ncnc2scn[n+]12.Nc1c(Cl)[nH]cnc1=S.Nc1c(Cl)ncnc1Cl.S.[Na][Na]. The van der Waals surface area contributed by atoms with Gasteiger partial charge in [0, 0.05) is 45.9 Å². The van der Waals surface area contributed by atoms with E-state index in [4.69, 9.17) is 90.1 Å². The fourth-order valence-corrected chi connectivity index (χ4v) is 8.72. The third-order valence-corrected chi connectivity index (χ3v) is 13.6. The molecule has 2 aliphatic heterocycles. The van der Waals surface area contributed by atoms with Crippen LogP contribution in [0, 0.1) is 39.1 Å². The number of nitrogens with two attached hydrogens (primary N) is 2. The van der Waals surface area contributed by atoms with Crippen molar-refractivity contribution >= 4 is 177 Å². The van der Waals surface area contributed by atoms with E-state index in [1.807, 2.05) is 47.0 Å². The van der Waals surface area contributed by atoms with Gasteiger partial charge in [-0.3, -0.25) is 14.5 Å². The monoisotopic (exact) mass is 1220 g/mol. The zero-order valence-electron chi connectivity index (χ0n) is 43.6. The molecule has 2 amide bonds. The molecule has 2 saturated heterocycles. The number of anilines is 3. The number of halogens is 4. The number of likely N-dealkylation sites (tertiary alicyclic amines) is 2. The maximum absolute atomic E-state index is 12.0. The van der Waals surface area contributed by atoms with E-state index in [0.29, 0.717) is 57.7 Å². The summed E-state index contributed by atoms with van der Waals surface area (Å²) in [6.07, 6.45) is 7.42. The third kappa shape index (κ3) is 23.7. The molecule has 8 heterocycles. The van der Waals surface area contributed by atoms with E-state index in [9.17, 15) is 9.59 Å². The number of nitrogen functional groups attached to an aromatic ring is 2. The Kier molecular flexibility index (Phi) is 36.7. The van der Waals surface area contributed by atoms with Gasteiger partial charge in [-0.05, 0) is 75.4 Å². The Morgan fingerprint density at radius 2 is 1.36 bits per heavy atom. The van der Waals surface area contributed by atoms with Crippen molar-refractivity contribution in [1.29, 1.82) is 10.5 Å². The number of nitrogens with zero attached hydrogens (tertiary/aromatic N) is 16. The number of carbonyl (C=O) groups excluding carboxylic acids is 2. The van der Waals surface area contributed by atoms with Crippen LogP contribution in [0.5, 0.6) is 0 Å². The Hall–Kier alpha value is -3.11. The molecule has 0 saturated carbocycles. The number of hydrogen-bond donors (Lipinski definition) is 4. The van der Waals surface area contributed by atoms with Crippen molar-refractivity contribution in [3.8, 4) is 12.1 Å². The second-order valence-corrected chi connectivity index (χ2v) is 18.9. The molecule has 6 N–H and O–H groups in total. The predicted molar refractivity (Wildman–Crippen MR) is 303 cm³/mol. The van der Waals surface area contributed by atoms with E-state index in [1.165, 1.54) is 96.1 Å². The maximum atomic E-state index is 12.0. The average molecular weight is 1230 g/mol. The van der Waals surface area contributed by atoms with Crippen molar-refractivity contribution in [3.63, 3.8) is 0 Å². The molecule has 8 rings (SSSR count). The average Bonchev–Trinajstić information content (AvgIpc) is 4.11. The Bertz CT molecular complexity index is 2790. The number of fused-ring (bicyclic) bond motifs is 2. The van der Waals surface area contributed by atoms with Gasteiger partial charge >= 0.3 is 64.8 Å². The summed E-state index contributed by atoms with van der Waals surface area (Å²) in [6.45, 7) is 14.4. The molecule has 0 spiro atoms.